The number of esters is 1. The summed E-state index contributed by atoms with van der Waals surface area (Å²) in [4.78, 5) is 115. The van der Waals surface area contributed by atoms with Crippen LogP contribution in [0.25, 0.3) is 0 Å². The van der Waals surface area contributed by atoms with E-state index in [-0.39, 0.29) is 65.4 Å². The zero-order valence-electron chi connectivity index (χ0n) is 54.8. The molecule has 0 radical (unpaired) electrons. The predicted octanol–water partition coefficient (Wildman–Crippen LogP) is 14.5. The van der Waals surface area contributed by atoms with E-state index in [1.54, 1.807) is 27.7 Å². The number of aryl methyl sites for hydroxylation is 2. The lowest BCUT2D eigenvalue weighted by molar-refractivity contribution is -0.290. The molecule has 98 heavy (non-hydrogen) atoms. The van der Waals surface area contributed by atoms with Gasteiger partial charge in [-0.05, 0) is 172 Å². The summed E-state index contributed by atoms with van der Waals surface area (Å²) in [6.07, 6.45) is -27.3. The lowest BCUT2D eigenvalue weighted by Crippen LogP contribution is -2.58. The molecule has 1 atom stereocenters. The fraction of sp³-hybridized carbons (Fsp3) is 0.380. The second-order valence-electron chi connectivity index (χ2n) is 27.9. The predicted molar refractivity (Wildman–Crippen MR) is 330 cm³/mol. The Hall–Kier alpha value is -9.24. The smallest absolute Gasteiger partial charge is 0.411 e. The second kappa shape index (κ2) is 22.9. The topological polar surface area (TPSA) is 199 Å². The Kier molecular flexibility index (Phi) is 16.7. The summed E-state index contributed by atoms with van der Waals surface area (Å²) < 4.78 is 196. The number of imide groups is 3. The highest BCUT2D eigenvalue weighted by atomic mass is 19.4. The van der Waals surface area contributed by atoms with Crippen LogP contribution in [0.4, 0.5) is 64.1 Å². The van der Waals surface area contributed by atoms with E-state index < -0.39 is 178 Å². The zero-order chi connectivity index (χ0) is 73.2. The Bertz CT molecular complexity index is 4460. The van der Waals surface area contributed by atoms with Gasteiger partial charge in [0.05, 0.1) is 62.5 Å². The molecule has 4 aliphatic rings. The first-order valence-electron chi connectivity index (χ1n) is 30.5. The summed E-state index contributed by atoms with van der Waals surface area (Å²) in [7, 11) is 0. The van der Waals surface area contributed by atoms with Crippen molar-refractivity contribution < 1.29 is 106 Å². The van der Waals surface area contributed by atoms with Gasteiger partial charge in [0.15, 0.2) is 6.23 Å². The van der Waals surface area contributed by atoms with Crippen LogP contribution in [0.1, 0.15) is 220 Å². The van der Waals surface area contributed by atoms with E-state index in [9.17, 15) is 48.6 Å². The molecule has 0 spiro atoms. The lowest BCUT2D eigenvalue weighted by atomic mass is 9.65. The largest absolute Gasteiger partial charge is 0.462 e. The highest BCUT2D eigenvalue weighted by molar-refractivity contribution is 6.34. The van der Waals surface area contributed by atoms with Gasteiger partial charge in [0.1, 0.15) is 0 Å². The molecule has 7 amide bonds. The average molecular weight is 1380 g/mol. The Labute approximate surface area is 552 Å². The zero-order valence-corrected chi connectivity index (χ0v) is 54.8. The van der Waals surface area contributed by atoms with Gasteiger partial charge < -0.3 is 14.9 Å². The van der Waals surface area contributed by atoms with Crippen molar-refractivity contribution in [3.63, 3.8) is 0 Å². The van der Waals surface area contributed by atoms with Crippen molar-refractivity contribution in [2.75, 3.05) is 23.0 Å². The number of carbonyl (C=O) groups excluding carboxylic acids is 8. The number of aliphatic hydroxyl groups excluding tert-OH is 2. The van der Waals surface area contributed by atoms with Crippen molar-refractivity contribution in [2.24, 2.45) is 0 Å². The van der Waals surface area contributed by atoms with E-state index >= 15 is 52.7 Å². The van der Waals surface area contributed by atoms with E-state index in [2.05, 4.69) is 0 Å². The Morgan fingerprint density at radius 3 is 1.33 bits per heavy atom. The van der Waals surface area contributed by atoms with Crippen molar-refractivity contribution in [1.82, 2.24) is 9.80 Å². The van der Waals surface area contributed by atoms with Gasteiger partial charge in [0.2, 0.25) is 10.8 Å². The van der Waals surface area contributed by atoms with Crippen LogP contribution >= 0.6 is 0 Å². The van der Waals surface area contributed by atoms with Gasteiger partial charge in [-0.25, -0.2) is 9.69 Å². The molecule has 518 valence electrons. The molecule has 6 aromatic carbocycles. The van der Waals surface area contributed by atoms with E-state index in [0.29, 0.717) is 91.4 Å². The van der Waals surface area contributed by atoms with E-state index in [1.165, 1.54) is 80.5 Å². The molecule has 0 aliphatic carbocycles. The quantitative estimate of drug-likeness (QED) is 0.0482. The van der Waals surface area contributed by atoms with Gasteiger partial charge in [-0.3, -0.25) is 48.3 Å². The maximum atomic E-state index is 16.1. The Balaban J connectivity index is 1.01. The van der Waals surface area contributed by atoms with Gasteiger partial charge in [-0.15, -0.1) is 0 Å². The molecule has 0 saturated heterocycles. The molecule has 15 nitrogen and oxygen atoms in total. The van der Waals surface area contributed by atoms with Crippen molar-refractivity contribution >= 4 is 58.7 Å². The minimum atomic E-state index is -6.37. The number of hydrogen-bond donors (Lipinski definition) is 2. The number of rotatable bonds is 13. The first-order chi connectivity index (χ1) is 44.9. The molecule has 0 aromatic heterocycles. The first kappa shape index (κ1) is 71.5. The van der Waals surface area contributed by atoms with Crippen LogP contribution in [-0.4, -0.2) is 116 Å². The third-order valence-corrected chi connectivity index (χ3v) is 19.5. The monoisotopic (exact) mass is 1380 g/mol. The third-order valence-electron chi connectivity index (χ3n) is 19.5. The number of ether oxygens (including phenoxy) is 1. The number of carbonyl (C=O) groups is 8. The van der Waals surface area contributed by atoms with Gasteiger partial charge >= 0.3 is 30.7 Å². The van der Waals surface area contributed by atoms with E-state index in [0.717, 1.165) is 6.07 Å². The molecule has 27 heteroatoms. The highest BCUT2D eigenvalue weighted by Gasteiger charge is 2.74. The van der Waals surface area contributed by atoms with Crippen molar-refractivity contribution in [3.8, 4) is 0 Å². The Morgan fingerprint density at radius 2 is 0.878 bits per heavy atom. The minimum absolute atomic E-state index is 0.0531. The van der Waals surface area contributed by atoms with Gasteiger partial charge in [0.25, 0.3) is 41.4 Å². The molecule has 0 fully saturated rings. The molecule has 1 unspecified atom stereocenters. The van der Waals surface area contributed by atoms with Crippen LogP contribution in [0.15, 0.2) is 97.1 Å². The molecule has 2 N–H and O–H groups in total. The number of aliphatic hydroxyl groups is 2. The van der Waals surface area contributed by atoms with Crippen LogP contribution in [0.5, 0.6) is 0 Å². The summed E-state index contributed by atoms with van der Waals surface area (Å²) in [5.74, 6) is -9.51. The Morgan fingerprint density at radius 1 is 0.469 bits per heavy atom. The maximum Gasteiger partial charge on any atom is 0.411 e. The number of halogens is 12. The van der Waals surface area contributed by atoms with Crippen LogP contribution in [0.2, 0.25) is 0 Å². The SMILES string of the molecule is Cc1cc(C)c(C(C)(C)C(C)(C)N2C(=O)c3ccc(C(c4ccc5c(c4)C(=O)N(c4cc(C(=O)OCCCO)cc(C(C)(C)C)c4)C5=O)(C(F)(F)F)C(F)(F)F)cc3C2=O)c(C)c1N1C(=O)c2cc(C(c3ccc4c(c3)C(=O)N(C(C)(C)C)C4=O)(C(F)(F)F)C(F)(F)F)ccc2C1O. The molecule has 0 bridgehead atoms. The van der Waals surface area contributed by atoms with Crippen LogP contribution in [0.3, 0.4) is 0 Å². The summed E-state index contributed by atoms with van der Waals surface area (Å²) >= 11 is 0. The second-order valence-corrected chi connectivity index (χ2v) is 27.9. The molecular formula is C71H64F12N4O11. The number of hydrogen-bond acceptors (Lipinski definition) is 11. The molecule has 4 heterocycles. The molecule has 0 saturated carbocycles. The average Bonchev–Trinajstić information content (AvgIpc) is 1.04. The standard InChI is InChI=1S/C71H64F12N4O11/c1-33-25-34(2)52(85-54(90)44-20-16-38(30-48(44)56(85)92)67(70(78,79)80,71(81,82)83)39-17-21-45-49(31-39)59(95)86(57(45)93)63(7,8)9)35(3)51(33)64(10,11)65(12,13)87-58(94)46-22-18-40(32-50(46)60(87)96)66(68(72,73)74,69(75,76)77)37-15-19-43-47(29-37)55(91)84(53(43)89)42-27-36(61(97)98-24-14-23-88)26-41(28-42)62(4,5)6/h15-22,25-32,54,88,90H,14,23-24H2,1-13H3. The van der Waals surface area contributed by atoms with Crippen molar-refractivity contribution in [2.45, 2.75) is 160 Å². The van der Waals surface area contributed by atoms with Crippen LogP contribution in [0, 0.1) is 20.8 Å². The highest BCUT2D eigenvalue weighted by Crippen LogP contribution is 2.60. The number of amides is 7. The number of alkyl halides is 12. The lowest BCUT2D eigenvalue weighted by Gasteiger charge is -2.48. The normalized spacial score (nSPS) is 16.6. The fourth-order valence-electron chi connectivity index (χ4n) is 14.2. The summed E-state index contributed by atoms with van der Waals surface area (Å²) in [6, 6.07) is 10.6. The first-order valence-corrected chi connectivity index (χ1v) is 30.5. The van der Waals surface area contributed by atoms with Crippen LogP contribution in [-0.2, 0) is 26.4 Å². The van der Waals surface area contributed by atoms with Crippen LogP contribution < -0.4 is 9.80 Å². The summed E-state index contributed by atoms with van der Waals surface area (Å²) in [5.41, 5.74) is -27.0. The number of benzene rings is 6. The molecule has 10 rings (SSSR count). The number of nitrogens with zero attached hydrogens (tertiary/aromatic N) is 4. The van der Waals surface area contributed by atoms with E-state index in [4.69, 9.17) is 4.74 Å². The summed E-state index contributed by atoms with van der Waals surface area (Å²) in [6.45, 7) is 18.9. The number of anilines is 2. The van der Waals surface area contributed by atoms with Crippen molar-refractivity contribution in [3.05, 3.63) is 197 Å². The number of fused-ring (bicyclic) bond motifs is 4. The van der Waals surface area contributed by atoms with Gasteiger partial charge in [0, 0.05) is 35.1 Å². The minimum Gasteiger partial charge on any atom is -0.462 e. The maximum absolute atomic E-state index is 16.1. The molecular weight excluding hydrogens is 1310 g/mol. The summed E-state index contributed by atoms with van der Waals surface area (Å²) in [5, 5.41) is 21.2. The van der Waals surface area contributed by atoms with E-state index in [1.807, 2.05) is 0 Å². The van der Waals surface area contributed by atoms with Gasteiger partial charge in [-0.1, -0.05) is 71.0 Å². The van der Waals surface area contributed by atoms with Gasteiger partial charge in [-0.2, -0.15) is 52.7 Å². The molecule has 4 aliphatic heterocycles. The van der Waals surface area contributed by atoms with Crippen molar-refractivity contribution in [1.29, 1.82) is 0 Å². The fourth-order valence-corrected chi connectivity index (χ4v) is 14.2. The molecule has 6 aromatic rings. The third kappa shape index (κ3) is 10.3.